The number of carbonyl (C=O) groups is 4. The zero-order valence-electron chi connectivity index (χ0n) is 19.6. The van der Waals surface area contributed by atoms with E-state index in [1.807, 2.05) is 38.0 Å². The quantitative estimate of drug-likeness (QED) is 0.436. The minimum absolute atomic E-state index is 0.280. The van der Waals surface area contributed by atoms with Crippen LogP contribution in [0.4, 0.5) is 0 Å². The van der Waals surface area contributed by atoms with E-state index in [1.165, 1.54) is 9.80 Å². The van der Waals surface area contributed by atoms with E-state index in [4.69, 9.17) is 0 Å². The first-order valence-corrected chi connectivity index (χ1v) is 12.6. The lowest BCUT2D eigenvalue weighted by molar-refractivity contribution is 0.0583. The summed E-state index contributed by atoms with van der Waals surface area (Å²) in [4.78, 5) is 60.1. The molecular weight excluding hydrogens is 568 g/mol. The van der Waals surface area contributed by atoms with Gasteiger partial charge in [-0.3, -0.25) is 29.0 Å². The first-order valence-electron chi connectivity index (χ1n) is 11.0. The number of imide groups is 2. The fourth-order valence-corrected chi connectivity index (χ4v) is 5.76. The zero-order valence-corrected chi connectivity index (χ0v) is 22.7. The van der Waals surface area contributed by atoms with Crippen molar-refractivity contribution in [3.8, 4) is 0 Å². The number of amides is 4. The van der Waals surface area contributed by atoms with Crippen molar-refractivity contribution in [1.82, 2.24) is 19.6 Å². The lowest BCUT2D eigenvalue weighted by Crippen LogP contribution is -2.44. The number of rotatable bonds is 8. The second-order valence-corrected chi connectivity index (χ2v) is 10.9. The van der Waals surface area contributed by atoms with Gasteiger partial charge in [-0.15, -0.1) is 0 Å². The highest BCUT2D eigenvalue weighted by atomic mass is 79.9. The highest BCUT2D eigenvalue weighted by molar-refractivity contribution is 9.10. The van der Waals surface area contributed by atoms with E-state index in [2.05, 4.69) is 31.9 Å². The van der Waals surface area contributed by atoms with Crippen LogP contribution in [-0.4, -0.2) is 97.6 Å². The van der Waals surface area contributed by atoms with E-state index in [9.17, 15) is 19.2 Å². The van der Waals surface area contributed by atoms with Crippen molar-refractivity contribution in [2.45, 2.75) is 12.8 Å². The van der Waals surface area contributed by atoms with Gasteiger partial charge in [-0.05, 0) is 98.1 Å². The highest BCUT2D eigenvalue weighted by Crippen LogP contribution is 2.43. The van der Waals surface area contributed by atoms with Gasteiger partial charge in [0, 0.05) is 43.9 Å². The van der Waals surface area contributed by atoms with Crippen molar-refractivity contribution in [2.24, 2.45) is 0 Å². The number of benzene rings is 2. The Bertz CT molecular complexity index is 1150. The molecule has 2 aromatic rings. The molecule has 0 N–H and O–H groups in total. The highest BCUT2D eigenvalue weighted by Gasteiger charge is 2.41. The Labute approximate surface area is 215 Å². The molecular formula is C24H26Br2N4O4. The lowest BCUT2D eigenvalue weighted by atomic mass is 9.85. The van der Waals surface area contributed by atoms with Crippen LogP contribution in [0.2, 0.25) is 0 Å². The van der Waals surface area contributed by atoms with Gasteiger partial charge in [0.1, 0.15) is 0 Å². The van der Waals surface area contributed by atoms with Crippen LogP contribution in [0, 0.1) is 0 Å². The molecule has 34 heavy (non-hydrogen) atoms. The Balaban J connectivity index is 1.84. The summed E-state index contributed by atoms with van der Waals surface area (Å²) in [6.45, 7) is 2.02. The topological polar surface area (TPSA) is 81.2 Å². The molecule has 0 radical (unpaired) electrons. The molecule has 0 aliphatic carbocycles. The Morgan fingerprint density at radius 1 is 0.647 bits per heavy atom. The number of nitrogens with zero attached hydrogens (tertiary/aromatic N) is 4. The zero-order chi connectivity index (χ0) is 24.9. The van der Waals surface area contributed by atoms with Crippen LogP contribution >= 0.6 is 31.9 Å². The normalized spacial score (nSPS) is 15.5. The van der Waals surface area contributed by atoms with Gasteiger partial charge in [-0.1, -0.05) is 0 Å². The van der Waals surface area contributed by atoms with Gasteiger partial charge in [-0.25, -0.2) is 0 Å². The second-order valence-electron chi connectivity index (χ2n) is 9.15. The number of carbonyl (C=O) groups excluding carboxylic acids is 4. The lowest BCUT2D eigenvalue weighted by Gasteiger charge is -2.33. The Hall–Kier alpha value is -2.14. The predicted molar refractivity (Wildman–Crippen MR) is 136 cm³/mol. The van der Waals surface area contributed by atoms with Crippen molar-refractivity contribution in [3.63, 3.8) is 0 Å². The van der Waals surface area contributed by atoms with Gasteiger partial charge in [0.25, 0.3) is 23.6 Å². The SMILES string of the molecule is CN(C)CCCN1C(=O)c2cc(Br)c3c4c(cc(Br)c(c24)C1=O)C(=O)N(CCCN(C)C)C3=O. The number of hydrogen-bond acceptors (Lipinski definition) is 6. The van der Waals surface area contributed by atoms with Crippen molar-refractivity contribution >= 4 is 66.3 Å². The Morgan fingerprint density at radius 3 is 1.32 bits per heavy atom. The Kier molecular flexibility index (Phi) is 6.97. The molecule has 4 amide bonds. The molecule has 8 nitrogen and oxygen atoms in total. The van der Waals surface area contributed by atoms with E-state index in [0.29, 0.717) is 54.8 Å². The maximum Gasteiger partial charge on any atom is 0.262 e. The molecule has 180 valence electrons. The molecule has 0 atom stereocenters. The van der Waals surface area contributed by atoms with Crippen LogP contribution in [0.25, 0.3) is 10.8 Å². The predicted octanol–water partition coefficient (Wildman–Crippen LogP) is 3.46. The van der Waals surface area contributed by atoms with Crippen LogP contribution in [-0.2, 0) is 0 Å². The van der Waals surface area contributed by atoms with Crippen LogP contribution in [0.15, 0.2) is 21.1 Å². The van der Waals surface area contributed by atoms with Crippen LogP contribution < -0.4 is 0 Å². The maximum atomic E-state index is 13.4. The average Bonchev–Trinajstić information content (AvgIpc) is 2.75. The summed E-state index contributed by atoms with van der Waals surface area (Å²) < 4.78 is 0.881. The average molecular weight is 594 g/mol. The summed E-state index contributed by atoms with van der Waals surface area (Å²) in [5.41, 5.74) is 1.26. The number of halogens is 2. The van der Waals surface area contributed by atoms with Crippen molar-refractivity contribution in [1.29, 1.82) is 0 Å². The van der Waals surface area contributed by atoms with Crippen LogP contribution in [0.3, 0.4) is 0 Å². The summed E-state index contributed by atoms with van der Waals surface area (Å²) in [6.07, 6.45) is 1.27. The molecule has 0 fully saturated rings. The molecule has 2 aliphatic heterocycles. The fourth-order valence-electron chi connectivity index (χ4n) is 4.57. The van der Waals surface area contributed by atoms with Gasteiger partial charge in [0.2, 0.25) is 0 Å². The second kappa shape index (κ2) is 9.49. The molecule has 0 saturated carbocycles. The van der Waals surface area contributed by atoms with Gasteiger partial charge >= 0.3 is 0 Å². The third kappa shape index (κ3) is 4.10. The molecule has 10 heteroatoms. The Morgan fingerprint density at radius 2 is 1.00 bits per heavy atom. The molecule has 4 rings (SSSR count). The molecule has 2 aromatic carbocycles. The van der Waals surface area contributed by atoms with Crippen molar-refractivity contribution in [3.05, 3.63) is 43.3 Å². The summed E-state index contributed by atoms with van der Waals surface area (Å²) in [5.74, 6) is -1.67. The summed E-state index contributed by atoms with van der Waals surface area (Å²) in [5, 5.41) is 0.743. The molecule has 0 saturated heterocycles. The van der Waals surface area contributed by atoms with Gasteiger partial charge in [-0.2, -0.15) is 0 Å². The molecule has 0 unspecified atom stereocenters. The molecule has 2 aliphatic rings. The van der Waals surface area contributed by atoms with Crippen molar-refractivity contribution < 1.29 is 19.2 Å². The van der Waals surface area contributed by atoms with E-state index >= 15 is 0 Å². The third-order valence-electron chi connectivity index (χ3n) is 6.15. The first-order chi connectivity index (χ1) is 16.0. The van der Waals surface area contributed by atoms with E-state index in [-0.39, 0.29) is 13.1 Å². The van der Waals surface area contributed by atoms with Crippen LogP contribution in [0.1, 0.15) is 54.3 Å². The van der Waals surface area contributed by atoms with Gasteiger partial charge in [0.05, 0.1) is 11.1 Å². The molecule has 0 bridgehead atoms. The third-order valence-corrected chi connectivity index (χ3v) is 7.40. The number of hydrogen-bond donors (Lipinski definition) is 0. The van der Waals surface area contributed by atoms with Crippen molar-refractivity contribution in [2.75, 3.05) is 54.4 Å². The summed E-state index contributed by atoms with van der Waals surface area (Å²) >= 11 is 6.95. The minimum Gasteiger partial charge on any atom is -0.309 e. The molecule has 0 spiro atoms. The fraction of sp³-hybridized carbons (Fsp3) is 0.417. The van der Waals surface area contributed by atoms with E-state index < -0.39 is 23.6 Å². The minimum atomic E-state index is -0.420. The van der Waals surface area contributed by atoms with Crippen LogP contribution in [0.5, 0.6) is 0 Å². The van der Waals surface area contributed by atoms with E-state index in [1.54, 1.807) is 12.1 Å². The van der Waals surface area contributed by atoms with Gasteiger partial charge in [0.15, 0.2) is 0 Å². The maximum absolute atomic E-state index is 13.4. The first kappa shape index (κ1) is 25.0. The van der Waals surface area contributed by atoms with E-state index in [0.717, 1.165) is 13.1 Å². The monoisotopic (exact) mass is 592 g/mol. The summed E-state index contributed by atoms with van der Waals surface area (Å²) in [7, 11) is 7.73. The molecule has 2 heterocycles. The molecule has 0 aromatic heterocycles. The standard InChI is InChI=1S/C24H26Br2N4O4/c1-27(2)7-5-9-29-21(31)13-11-16(26)20-18-14(12-15(25)19(17(13)18)23(29)33)22(32)30(24(20)34)10-6-8-28(3)4/h11-12H,5-10H2,1-4H3. The van der Waals surface area contributed by atoms with Gasteiger partial charge < -0.3 is 9.80 Å². The summed E-state index contributed by atoms with van der Waals surface area (Å²) in [6, 6.07) is 3.22. The smallest absolute Gasteiger partial charge is 0.262 e. The largest absolute Gasteiger partial charge is 0.309 e.